The van der Waals surface area contributed by atoms with E-state index in [4.69, 9.17) is 0 Å². The summed E-state index contributed by atoms with van der Waals surface area (Å²) in [6.07, 6.45) is 0. The van der Waals surface area contributed by atoms with E-state index < -0.39 is 56.8 Å². The third-order valence-electron chi connectivity index (χ3n) is 4.44. The van der Waals surface area contributed by atoms with Gasteiger partial charge in [0.1, 0.15) is 0 Å². The Morgan fingerprint density at radius 2 is 0.545 bits per heavy atom. The Kier molecular flexibility index (Phi) is 18.9. The standard InChI is InChI=1S/C16H40As4P.BrH/c1-9-17(10-2)21(18(11-3)12-4,19(13-5)14-6)20(15-7)16-8;/h9-16H2,1-8H3;1H/q+1;/p-1. The number of hydrogen-bond acceptors (Lipinski definition) is 0. The quantitative estimate of drug-likeness (QED) is 0.222. The van der Waals surface area contributed by atoms with Crippen LogP contribution in [-0.4, -0.2) is 56.8 Å². The van der Waals surface area contributed by atoms with Crippen LogP contribution in [0.2, 0.25) is 41.7 Å². The smallest absolute Gasteiger partial charge is 1.00 e. The summed E-state index contributed by atoms with van der Waals surface area (Å²) in [4.78, 5) is 0. The first kappa shape index (κ1) is 27.4. The Balaban J connectivity index is 0. The van der Waals surface area contributed by atoms with Crippen molar-refractivity contribution in [3.05, 3.63) is 0 Å². The average molecular weight is 643 g/mol. The Morgan fingerprint density at radius 1 is 0.409 bits per heavy atom. The Hall–Kier alpha value is 3.14. The largest absolute Gasteiger partial charge is 1.00 e. The molecule has 0 spiro atoms. The van der Waals surface area contributed by atoms with Crippen LogP contribution in [-0.2, 0) is 0 Å². The van der Waals surface area contributed by atoms with Gasteiger partial charge < -0.3 is 17.0 Å². The molecule has 0 aromatic carbocycles. The molecule has 0 rings (SSSR count). The summed E-state index contributed by atoms with van der Waals surface area (Å²) >= 11 is -1.99. The zero-order valence-corrected chi connectivity index (χ0v) is 26.3. The normalized spacial score (nSPS) is 12.5. The molecule has 0 saturated carbocycles. The van der Waals surface area contributed by atoms with Crippen molar-refractivity contribution in [3.63, 3.8) is 0 Å². The predicted octanol–water partition coefficient (Wildman–Crippen LogP) is 4.13. The maximum Gasteiger partial charge on any atom is -1.00 e. The first-order valence-electron chi connectivity index (χ1n) is 8.99. The van der Waals surface area contributed by atoms with Gasteiger partial charge >= 0.3 is 155 Å². The van der Waals surface area contributed by atoms with Crippen LogP contribution in [0.3, 0.4) is 0 Å². The van der Waals surface area contributed by atoms with Crippen LogP contribution in [0.25, 0.3) is 0 Å². The van der Waals surface area contributed by atoms with Crippen LogP contribution in [0.1, 0.15) is 55.4 Å². The molecule has 0 fully saturated rings. The number of halogens is 1. The summed E-state index contributed by atoms with van der Waals surface area (Å²) < 4.78 is -0.353. The van der Waals surface area contributed by atoms with Crippen LogP contribution in [0.5, 0.6) is 0 Å². The molecule has 0 amide bonds. The van der Waals surface area contributed by atoms with E-state index in [1.165, 1.54) is 0 Å². The fraction of sp³-hybridized carbons (Fsp3) is 1.00. The van der Waals surface area contributed by atoms with Crippen molar-refractivity contribution in [2.24, 2.45) is 0 Å². The van der Waals surface area contributed by atoms with E-state index in [0.717, 1.165) is 0 Å². The molecular formula is C16H40As4BrP. The molecule has 0 aliphatic carbocycles. The molecule has 0 bridgehead atoms. The van der Waals surface area contributed by atoms with Gasteiger partial charge in [0.2, 0.25) is 0 Å². The van der Waals surface area contributed by atoms with Gasteiger partial charge in [-0.3, -0.25) is 0 Å². The van der Waals surface area contributed by atoms with Crippen molar-refractivity contribution >= 4 is 58.3 Å². The second kappa shape index (κ2) is 15.2. The molecule has 0 saturated heterocycles. The van der Waals surface area contributed by atoms with E-state index in [0.29, 0.717) is 0 Å². The second-order valence-corrected chi connectivity index (χ2v) is 78.9. The second-order valence-electron chi connectivity index (χ2n) is 5.09. The molecule has 0 N–H and O–H groups in total. The van der Waals surface area contributed by atoms with Gasteiger partial charge in [-0.05, 0) is 0 Å². The molecule has 0 aromatic heterocycles. The predicted molar refractivity (Wildman–Crippen MR) is 114 cm³/mol. The zero-order valence-electron chi connectivity index (χ0n) is 16.3. The molecule has 0 atom stereocenters. The first-order valence-corrected chi connectivity index (χ1v) is 31.3. The molecule has 0 nitrogen and oxygen atoms in total. The van der Waals surface area contributed by atoms with E-state index in [9.17, 15) is 0 Å². The van der Waals surface area contributed by atoms with Crippen molar-refractivity contribution in [2.45, 2.75) is 97.1 Å². The third kappa shape index (κ3) is 6.10. The minimum Gasteiger partial charge on any atom is -1.00 e. The number of hydrogen-bond donors (Lipinski definition) is 0. The van der Waals surface area contributed by atoms with Crippen molar-refractivity contribution in [1.82, 2.24) is 0 Å². The van der Waals surface area contributed by atoms with Gasteiger partial charge in [0.15, 0.2) is 0 Å². The SMILES string of the molecule is CC[As](CC)[P+]([As](CC)CC)([As](CC)CC)[As](CC)CC.[Br-]. The molecule has 136 valence electrons. The Bertz CT molecular complexity index is 199. The van der Waals surface area contributed by atoms with Gasteiger partial charge in [0, 0.05) is 0 Å². The monoisotopic (exact) mass is 642 g/mol. The van der Waals surface area contributed by atoms with E-state index in [1.807, 2.05) is 0 Å². The Morgan fingerprint density at radius 3 is 0.636 bits per heavy atom. The van der Waals surface area contributed by atoms with Crippen LogP contribution in [0, 0.1) is 0 Å². The van der Waals surface area contributed by atoms with Gasteiger partial charge in [0.05, 0.1) is 0 Å². The average Bonchev–Trinajstić information content (AvgIpc) is 2.51. The molecule has 0 aliphatic rings. The summed E-state index contributed by atoms with van der Waals surface area (Å²) in [5.41, 5.74) is 0. The van der Waals surface area contributed by atoms with Crippen molar-refractivity contribution in [2.75, 3.05) is 0 Å². The number of rotatable bonds is 12. The molecule has 6 heteroatoms. The molecule has 0 unspecified atom stereocenters. The molecule has 22 heavy (non-hydrogen) atoms. The molecule has 0 aromatic rings. The van der Waals surface area contributed by atoms with Crippen LogP contribution < -0.4 is 17.0 Å². The van der Waals surface area contributed by atoms with Crippen molar-refractivity contribution < 1.29 is 17.0 Å². The third-order valence-corrected chi connectivity index (χ3v) is 150. The minimum absolute atomic E-state index is 0. The molecule has 0 aliphatic heterocycles. The van der Waals surface area contributed by atoms with E-state index in [1.54, 1.807) is 41.7 Å². The van der Waals surface area contributed by atoms with Crippen molar-refractivity contribution in [1.29, 1.82) is 0 Å². The fourth-order valence-corrected chi connectivity index (χ4v) is 215. The van der Waals surface area contributed by atoms with E-state index in [-0.39, 0.29) is 18.5 Å². The summed E-state index contributed by atoms with van der Waals surface area (Å²) in [6.45, 7) is 20.8. The maximum absolute atomic E-state index is 2.60. The van der Waals surface area contributed by atoms with Gasteiger partial charge in [-0.15, -0.1) is 0 Å². The van der Waals surface area contributed by atoms with Crippen LogP contribution in [0.4, 0.5) is 0 Å². The zero-order chi connectivity index (χ0) is 16.5. The maximum atomic E-state index is 2.60. The van der Waals surface area contributed by atoms with Crippen LogP contribution >= 0.6 is 1.50 Å². The minimum atomic E-state index is -0.498. The molecule has 0 radical (unpaired) electrons. The van der Waals surface area contributed by atoms with Gasteiger partial charge in [-0.25, -0.2) is 0 Å². The van der Waals surface area contributed by atoms with Gasteiger partial charge in [-0.2, -0.15) is 0 Å². The summed E-state index contributed by atoms with van der Waals surface area (Å²) in [5, 5.41) is 13.3. The summed E-state index contributed by atoms with van der Waals surface area (Å²) in [7, 11) is 0. The van der Waals surface area contributed by atoms with Gasteiger partial charge in [0.25, 0.3) is 0 Å². The van der Waals surface area contributed by atoms with Gasteiger partial charge in [-0.1, -0.05) is 0 Å². The topological polar surface area (TPSA) is 0 Å². The van der Waals surface area contributed by atoms with E-state index >= 15 is 0 Å². The van der Waals surface area contributed by atoms with Crippen molar-refractivity contribution in [3.8, 4) is 0 Å². The molecule has 0 heterocycles. The molecular weight excluding hydrogens is 603 g/mol. The summed E-state index contributed by atoms with van der Waals surface area (Å²) in [5.74, 6) is 0. The Labute approximate surface area is 170 Å². The van der Waals surface area contributed by atoms with Crippen LogP contribution in [0.15, 0.2) is 0 Å². The summed E-state index contributed by atoms with van der Waals surface area (Å²) in [6, 6.07) is 0. The first-order chi connectivity index (χ1) is 10.1. The fourth-order valence-electron chi connectivity index (χ4n) is 3.49. The van der Waals surface area contributed by atoms with E-state index in [2.05, 4.69) is 55.4 Å².